The maximum Gasteiger partial charge on any atom is 0.239 e. The maximum atomic E-state index is 12.1. The Hall–Kier alpha value is -2.14. The standard InChI is InChI=1S/C17H22N2O3/c1-3-13-6-4-7-15-14(12-20)10-19(17(13)15)11-16(21)18-8-5-9-22-2/h4,6-7,10,12H,3,5,8-9,11H2,1-2H3,(H,18,21). The van der Waals surface area contributed by atoms with Crippen molar-refractivity contribution in [2.75, 3.05) is 20.3 Å². The summed E-state index contributed by atoms with van der Waals surface area (Å²) in [5.41, 5.74) is 2.73. The van der Waals surface area contributed by atoms with Gasteiger partial charge in [-0.1, -0.05) is 25.1 Å². The summed E-state index contributed by atoms with van der Waals surface area (Å²) in [5.74, 6) is -0.0589. The topological polar surface area (TPSA) is 60.3 Å². The van der Waals surface area contributed by atoms with Crippen LogP contribution in [0.2, 0.25) is 0 Å². The van der Waals surface area contributed by atoms with Gasteiger partial charge in [0, 0.05) is 37.4 Å². The van der Waals surface area contributed by atoms with Crippen LogP contribution in [0.3, 0.4) is 0 Å². The van der Waals surface area contributed by atoms with Gasteiger partial charge in [-0.2, -0.15) is 0 Å². The van der Waals surface area contributed by atoms with Crippen LogP contribution >= 0.6 is 0 Å². The Morgan fingerprint density at radius 3 is 2.91 bits per heavy atom. The van der Waals surface area contributed by atoms with Crippen LogP contribution in [0.5, 0.6) is 0 Å². The second kappa shape index (κ2) is 7.75. The highest BCUT2D eigenvalue weighted by Crippen LogP contribution is 2.24. The summed E-state index contributed by atoms with van der Waals surface area (Å²) >= 11 is 0. The van der Waals surface area contributed by atoms with Crippen molar-refractivity contribution in [1.82, 2.24) is 9.88 Å². The molecule has 0 radical (unpaired) electrons. The fraction of sp³-hybridized carbons (Fsp3) is 0.412. The molecule has 1 N–H and O–H groups in total. The van der Waals surface area contributed by atoms with E-state index in [4.69, 9.17) is 4.74 Å². The zero-order valence-electron chi connectivity index (χ0n) is 13.1. The van der Waals surface area contributed by atoms with E-state index in [2.05, 4.69) is 12.2 Å². The van der Waals surface area contributed by atoms with E-state index in [1.165, 1.54) is 0 Å². The van der Waals surface area contributed by atoms with Crippen molar-refractivity contribution in [2.24, 2.45) is 0 Å². The summed E-state index contributed by atoms with van der Waals surface area (Å²) in [6, 6.07) is 5.90. The molecular formula is C17H22N2O3. The molecule has 5 nitrogen and oxygen atoms in total. The molecular weight excluding hydrogens is 280 g/mol. The molecule has 0 saturated heterocycles. The molecule has 1 heterocycles. The average molecular weight is 302 g/mol. The van der Waals surface area contributed by atoms with E-state index in [1.807, 2.05) is 22.8 Å². The number of ether oxygens (including phenoxy) is 1. The molecule has 0 aliphatic carbocycles. The van der Waals surface area contributed by atoms with Crippen molar-refractivity contribution in [1.29, 1.82) is 0 Å². The minimum atomic E-state index is -0.0589. The number of carbonyl (C=O) groups excluding carboxylic acids is 2. The molecule has 0 bridgehead atoms. The number of rotatable bonds is 8. The number of nitrogens with one attached hydrogen (secondary N) is 1. The van der Waals surface area contributed by atoms with Crippen LogP contribution in [0.15, 0.2) is 24.4 Å². The zero-order chi connectivity index (χ0) is 15.9. The van der Waals surface area contributed by atoms with Crippen LogP contribution in [-0.2, 0) is 22.5 Å². The fourth-order valence-electron chi connectivity index (χ4n) is 2.62. The maximum absolute atomic E-state index is 12.1. The molecule has 0 fully saturated rings. The number of hydrogen-bond donors (Lipinski definition) is 1. The van der Waals surface area contributed by atoms with Gasteiger partial charge in [0.05, 0.1) is 5.52 Å². The Labute approximate surface area is 130 Å². The van der Waals surface area contributed by atoms with Crippen LogP contribution < -0.4 is 5.32 Å². The molecule has 0 aliphatic rings. The number of aryl methyl sites for hydroxylation is 1. The second-order valence-corrected chi connectivity index (χ2v) is 5.19. The van der Waals surface area contributed by atoms with E-state index in [1.54, 1.807) is 13.3 Å². The highest BCUT2D eigenvalue weighted by Gasteiger charge is 2.13. The van der Waals surface area contributed by atoms with Gasteiger partial charge >= 0.3 is 0 Å². The van der Waals surface area contributed by atoms with Crippen molar-refractivity contribution in [3.8, 4) is 0 Å². The van der Waals surface area contributed by atoms with E-state index < -0.39 is 0 Å². The van der Waals surface area contributed by atoms with E-state index in [0.717, 1.165) is 35.6 Å². The predicted molar refractivity (Wildman–Crippen MR) is 86.2 cm³/mol. The van der Waals surface area contributed by atoms with Gasteiger partial charge in [-0.3, -0.25) is 9.59 Å². The van der Waals surface area contributed by atoms with E-state index >= 15 is 0 Å². The lowest BCUT2D eigenvalue weighted by Gasteiger charge is -2.09. The lowest BCUT2D eigenvalue weighted by molar-refractivity contribution is -0.121. The van der Waals surface area contributed by atoms with E-state index in [9.17, 15) is 9.59 Å². The van der Waals surface area contributed by atoms with Crippen molar-refractivity contribution >= 4 is 23.1 Å². The van der Waals surface area contributed by atoms with Crippen LogP contribution in [0, 0.1) is 0 Å². The molecule has 2 aromatic rings. The number of para-hydroxylation sites is 1. The van der Waals surface area contributed by atoms with Crippen LogP contribution in [0.25, 0.3) is 10.9 Å². The smallest absolute Gasteiger partial charge is 0.239 e. The fourth-order valence-corrected chi connectivity index (χ4v) is 2.62. The third-order valence-corrected chi connectivity index (χ3v) is 3.68. The van der Waals surface area contributed by atoms with Crippen molar-refractivity contribution in [3.63, 3.8) is 0 Å². The Morgan fingerprint density at radius 1 is 1.41 bits per heavy atom. The first-order valence-electron chi connectivity index (χ1n) is 7.52. The number of benzene rings is 1. The van der Waals surface area contributed by atoms with Gasteiger partial charge in [0.15, 0.2) is 6.29 Å². The average Bonchev–Trinajstić information content (AvgIpc) is 2.89. The Bertz CT molecular complexity index is 661. The minimum Gasteiger partial charge on any atom is -0.385 e. The normalized spacial score (nSPS) is 10.8. The first-order chi connectivity index (χ1) is 10.7. The molecule has 1 aromatic carbocycles. The SMILES string of the molecule is CCc1cccc2c(C=O)cn(CC(=O)NCCCOC)c12. The molecule has 0 aliphatic heterocycles. The van der Waals surface area contributed by atoms with Gasteiger partial charge in [0.1, 0.15) is 6.54 Å². The lowest BCUT2D eigenvalue weighted by atomic mass is 10.1. The van der Waals surface area contributed by atoms with Gasteiger partial charge in [0.2, 0.25) is 5.91 Å². The zero-order valence-corrected chi connectivity index (χ0v) is 13.1. The summed E-state index contributed by atoms with van der Waals surface area (Å²) < 4.78 is 6.82. The van der Waals surface area contributed by atoms with Gasteiger partial charge in [-0.05, 0) is 18.4 Å². The van der Waals surface area contributed by atoms with E-state index in [-0.39, 0.29) is 12.5 Å². The van der Waals surface area contributed by atoms with Crippen molar-refractivity contribution in [3.05, 3.63) is 35.5 Å². The van der Waals surface area contributed by atoms with E-state index in [0.29, 0.717) is 18.7 Å². The van der Waals surface area contributed by atoms with Gasteiger partial charge in [0.25, 0.3) is 0 Å². The summed E-state index contributed by atoms with van der Waals surface area (Å²) in [6.07, 6.45) is 4.24. The highest BCUT2D eigenvalue weighted by atomic mass is 16.5. The first kappa shape index (κ1) is 16.2. The predicted octanol–water partition coefficient (Wildman–Crippen LogP) is 2.17. The van der Waals surface area contributed by atoms with Crippen molar-refractivity contribution in [2.45, 2.75) is 26.3 Å². The number of nitrogens with zero attached hydrogens (tertiary/aromatic N) is 1. The molecule has 0 atom stereocenters. The van der Waals surface area contributed by atoms with Crippen molar-refractivity contribution < 1.29 is 14.3 Å². The summed E-state index contributed by atoms with van der Waals surface area (Å²) in [7, 11) is 1.64. The molecule has 5 heteroatoms. The third-order valence-electron chi connectivity index (χ3n) is 3.68. The number of aromatic nitrogens is 1. The first-order valence-corrected chi connectivity index (χ1v) is 7.52. The largest absolute Gasteiger partial charge is 0.385 e. The number of carbonyl (C=O) groups is 2. The quantitative estimate of drug-likeness (QED) is 0.600. The molecule has 1 aromatic heterocycles. The molecule has 22 heavy (non-hydrogen) atoms. The molecule has 1 amide bonds. The monoisotopic (exact) mass is 302 g/mol. The molecule has 0 unspecified atom stereocenters. The van der Waals surface area contributed by atoms with Crippen LogP contribution in [0.1, 0.15) is 29.3 Å². The summed E-state index contributed by atoms with van der Waals surface area (Å²) in [5, 5.41) is 3.77. The number of methoxy groups -OCH3 is 1. The minimum absolute atomic E-state index is 0.0589. The summed E-state index contributed by atoms with van der Waals surface area (Å²) in [6.45, 7) is 3.50. The second-order valence-electron chi connectivity index (χ2n) is 5.19. The van der Waals surface area contributed by atoms with Gasteiger partial charge in [-0.15, -0.1) is 0 Å². The summed E-state index contributed by atoms with van der Waals surface area (Å²) in [4.78, 5) is 23.3. The van der Waals surface area contributed by atoms with Crippen LogP contribution in [0.4, 0.5) is 0 Å². The molecule has 118 valence electrons. The Morgan fingerprint density at radius 2 is 2.23 bits per heavy atom. The van der Waals surface area contributed by atoms with Gasteiger partial charge < -0.3 is 14.6 Å². The Kier molecular flexibility index (Phi) is 5.72. The molecule has 0 saturated carbocycles. The number of hydrogen-bond acceptors (Lipinski definition) is 3. The third kappa shape index (κ3) is 3.54. The number of fused-ring (bicyclic) bond motifs is 1. The molecule has 2 rings (SSSR count). The Balaban J connectivity index is 2.20. The van der Waals surface area contributed by atoms with Gasteiger partial charge in [-0.25, -0.2) is 0 Å². The van der Waals surface area contributed by atoms with Crippen LogP contribution in [-0.4, -0.2) is 37.0 Å². The number of amides is 1. The number of aldehydes is 1. The lowest BCUT2D eigenvalue weighted by Crippen LogP contribution is -2.28. The highest BCUT2D eigenvalue weighted by molar-refractivity contribution is 5.99. The molecule has 0 spiro atoms.